The average Bonchev–Trinajstić information content (AvgIpc) is 3.56. The van der Waals surface area contributed by atoms with E-state index < -0.39 is 11.9 Å². The Hall–Kier alpha value is -3.79. The normalized spacial score (nSPS) is 13.2. The van der Waals surface area contributed by atoms with Gasteiger partial charge in [0, 0.05) is 6.04 Å². The lowest BCUT2D eigenvalue weighted by Gasteiger charge is -2.10. The van der Waals surface area contributed by atoms with E-state index in [2.05, 4.69) is 5.32 Å². The molecule has 2 aromatic rings. The third kappa shape index (κ3) is 5.14. The number of carbonyl (C=O) groups is 2. The van der Waals surface area contributed by atoms with E-state index in [1.54, 1.807) is 49.6 Å². The van der Waals surface area contributed by atoms with Gasteiger partial charge in [-0.2, -0.15) is 5.26 Å². The topological polar surface area (TPSA) is 97.7 Å². The Labute approximate surface area is 168 Å². The van der Waals surface area contributed by atoms with Crippen LogP contribution in [0.2, 0.25) is 0 Å². The van der Waals surface area contributed by atoms with E-state index in [-0.39, 0.29) is 17.4 Å². The maximum absolute atomic E-state index is 12.4. The minimum Gasteiger partial charge on any atom is -0.497 e. The quantitative estimate of drug-likeness (QED) is 0.337. The number of esters is 1. The summed E-state index contributed by atoms with van der Waals surface area (Å²) in [5.41, 5.74) is 0.941. The lowest BCUT2D eigenvalue weighted by atomic mass is 10.1. The Morgan fingerprint density at radius 3 is 2.38 bits per heavy atom. The second kappa shape index (κ2) is 8.93. The van der Waals surface area contributed by atoms with Crippen LogP contribution in [0.25, 0.3) is 6.08 Å². The molecule has 7 heteroatoms. The van der Waals surface area contributed by atoms with Gasteiger partial charge in [0.15, 0.2) is 11.5 Å². The van der Waals surface area contributed by atoms with Crippen LogP contribution in [-0.4, -0.2) is 32.1 Å². The molecule has 1 saturated carbocycles. The zero-order chi connectivity index (χ0) is 20.8. The number of methoxy groups -OCH3 is 2. The molecule has 1 aliphatic rings. The molecule has 1 aliphatic carbocycles. The predicted molar refractivity (Wildman–Crippen MR) is 106 cm³/mol. The number of nitrogens with zero attached hydrogens (tertiary/aromatic N) is 1. The molecule has 2 aromatic carbocycles. The van der Waals surface area contributed by atoms with Crippen molar-refractivity contribution in [3.63, 3.8) is 0 Å². The van der Waals surface area contributed by atoms with E-state index in [0.717, 1.165) is 12.8 Å². The largest absolute Gasteiger partial charge is 0.497 e. The van der Waals surface area contributed by atoms with E-state index in [1.807, 2.05) is 6.07 Å². The van der Waals surface area contributed by atoms with Crippen molar-refractivity contribution >= 4 is 18.0 Å². The molecule has 0 saturated heterocycles. The monoisotopic (exact) mass is 392 g/mol. The number of carbonyl (C=O) groups excluding carboxylic acids is 2. The first kappa shape index (κ1) is 20.0. The Bertz CT molecular complexity index is 985. The second-order valence-corrected chi connectivity index (χ2v) is 6.45. The molecular formula is C22H20N2O5. The molecule has 1 fully saturated rings. The van der Waals surface area contributed by atoms with Crippen molar-refractivity contribution in [1.29, 1.82) is 5.26 Å². The molecule has 1 amide bonds. The lowest BCUT2D eigenvalue weighted by Crippen LogP contribution is -2.26. The van der Waals surface area contributed by atoms with Gasteiger partial charge in [0.2, 0.25) is 0 Å². The first-order chi connectivity index (χ1) is 14.0. The van der Waals surface area contributed by atoms with E-state index in [9.17, 15) is 14.9 Å². The van der Waals surface area contributed by atoms with E-state index >= 15 is 0 Å². The number of hydrogen-bond acceptors (Lipinski definition) is 6. The fourth-order valence-corrected chi connectivity index (χ4v) is 2.55. The summed E-state index contributed by atoms with van der Waals surface area (Å²) in [6.07, 6.45) is 3.34. The minimum absolute atomic E-state index is 0.00179. The van der Waals surface area contributed by atoms with Crippen molar-refractivity contribution in [1.82, 2.24) is 5.32 Å². The van der Waals surface area contributed by atoms with Crippen LogP contribution in [0.5, 0.6) is 17.2 Å². The summed E-state index contributed by atoms with van der Waals surface area (Å²) in [7, 11) is 2.99. The second-order valence-electron chi connectivity index (χ2n) is 6.45. The standard InChI is InChI=1S/C22H20N2O5/c1-27-18-8-4-15(5-9-18)22(26)29-19-10-3-14(12-20(19)28-2)11-16(13-23)21(25)24-17-6-7-17/h3-5,8-12,17H,6-7H2,1-2H3,(H,24,25)/b16-11+. The van der Waals surface area contributed by atoms with Gasteiger partial charge in [0.1, 0.15) is 17.4 Å². The minimum atomic E-state index is -0.546. The van der Waals surface area contributed by atoms with Gasteiger partial charge < -0.3 is 19.5 Å². The third-order valence-electron chi connectivity index (χ3n) is 4.30. The van der Waals surface area contributed by atoms with Crippen LogP contribution >= 0.6 is 0 Å². The first-order valence-electron chi connectivity index (χ1n) is 9.01. The van der Waals surface area contributed by atoms with Crippen LogP contribution < -0.4 is 19.5 Å². The molecule has 29 heavy (non-hydrogen) atoms. The lowest BCUT2D eigenvalue weighted by molar-refractivity contribution is -0.117. The van der Waals surface area contributed by atoms with Gasteiger partial charge in [-0.1, -0.05) is 6.07 Å². The highest BCUT2D eigenvalue weighted by Crippen LogP contribution is 2.30. The molecule has 0 aliphatic heterocycles. The van der Waals surface area contributed by atoms with Crippen LogP contribution in [-0.2, 0) is 4.79 Å². The summed E-state index contributed by atoms with van der Waals surface area (Å²) >= 11 is 0. The van der Waals surface area contributed by atoms with Crippen LogP contribution in [0, 0.1) is 11.3 Å². The van der Waals surface area contributed by atoms with Crippen LogP contribution in [0.3, 0.4) is 0 Å². The summed E-state index contributed by atoms with van der Waals surface area (Å²) in [4.78, 5) is 24.4. The molecule has 7 nitrogen and oxygen atoms in total. The number of nitrogens with one attached hydrogen (secondary N) is 1. The summed E-state index contributed by atoms with van der Waals surface area (Å²) < 4.78 is 15.8. The van der Waals surface area contributed by atoms with Gasteiger partial charge in [-0.15, -0.1) is 0 Å². The van der Waals surface area contributed by atoms with Crippen molar-refractivity contribution in [3.05, 3.63) is 59.2 Å². The van der Waals surface area contributed by atoms with Crippen molar-refractivity contribution in [3.8, 4) is 23.3 Å². The van der Waals surface area contributed by atoms with Crippen LogP contribution in [0.15, 0.2) is 48.0 Å². The molecular weight excluding hydrogens is 372 g/mol. The highest BCUT2D eigenvalue weighted by atomic mass is 16.6. The summed E-state index contributed by atoms with van der Waals surface area (Å²) in [5, 5.41) is 12.0. The fraction of sp³-hybridized carbons (Fsp3) is 0.227. The Morgan fingerprint density at radius 2 is 1.79 bits per heavy atom. The fourth-order valence-electron chi connectivity index (χ4n) is 2.55. The third-order valence-corrected chi connectivity index (χ3v) is 4.30. The average molecular weight is 392 g/mol. The van der Waals surface area contributed by atoms with Gasteiger partial charge >= 0.3 is 5.97 Å². The molecule has 1 N–H and O–H groups in total. The molecule has 0 atom stereocenters. The number of rotatable bonds is 7. The molecule has 0 radical (unpaired) electrons. The Kier molecular flexibility index (Phi) is 6.15. The van der Waals surface area contributed by atoms with Gasteiger partial charge in [0.25, 0.3) is 5.91 Å². The number of nitriles is 1. The van der Waals surface area contributed by atoms with Gasteiger partial charge in [0.05, 0.1) is 19.8 Å². The van der Waals surface area contributed by atoms with Crippen molar-refractivity contribution in [2.45, 2.75) is 18.9 Å². The Morgan fingerprint density at radius 1 is 1.07 bits per heavy atom. The van der Waals surface area contributed by atoms with Crippen molar-refractivity contribution in [2.24, 2.45) is 0 Å². The summed E-state index contributed by atoms with van der Waals surface area (Å²) in [5.74, 6) is 0.223. The van der Waals surface area contributed by atoms with Crippen LogP contribution in [0.1, 0.15) is 28.8 Å². The summed E-state index contributed by atoms with van der Waals surface area (Å²) in [6, 6.07) is 13.4. The van der Waals surface area contributed by atoms with Gasteiger partial charge in [-0.05, 0) is 60.9 Å². The molecule has 3 rings (SSSR count). The molecule has 0 spiro atoms. The maximum Gasteiger partial charge on any atom is 0.343 e. The van der Waals surface area contributed by atoms with E-state index in [1.165, 1.54) is 13.2 Å². The number of ether oxygens (including phenoxy) is 3. The van der Waals surface area contributed by atoms with E-state index in [0.29, 0.717) is 22.6 Å². The zero-order valence-electron chi connectivity index (χ0n) is 16.1. The summed E-state index contributed by atoms with van der Waals surface area (Å²) in [6.45, 7) is 0. The first-order valence-corrected chi connectivity index (χ1v) is 9.01. The smallest absolute Gasteiger partial charge is 0.343 e. The highest BCUT2D eigenvalue weighted by molar-refractivity contribution is 6.02. The van der Waals surface area contributed by atoms with Crippen molar-refractivity contribution < 1.29 is 23.8 Å². The van der Waals surface area contributed by atoms with Gasteiger partial charge in [-0.25, -0.2) is 4.79 Å². The molecule has 0 heterocycles. The number of amides is 1. The predicted octanol–water partition coefficient (Wildman–Crippen LogP) is 3.11. The Balaban J connectivity index is 1.77. The van der Waals surface area contributed by atoms with Gasteiger partial charge in [-0.3, -0.25) is 4.79 Å². The molecule has 0 unspecified atom stereocenters. The molecule has 0 bridgehead atoms. The zero-order valence-corrected chi connectivity index (χ0v) is 16.1. The molecule has 148 valence electrons. The maximum atomic E-state index is 12.4. The number of hydrogen-bond donors (Lipinski definition) is 1. The molecule has 0 aromatic heterocycles. The number of benzene rings is 2. The van der Waals surface area contributed by atoms with Crippen LogP contribution in [0.4, 0.5) is 0 Å². The van der Waals surface area contributed by atoms with Crippen molar-refractivity contribution in [2.75, 3.05) is 14.2 Å². The van der Waals surface area contributed by atoms with E-state index in [4.69, 9.17) is 14.2 Å². The highest BCUT2D eigenvalue weighted by Gasteiger charge is 2.24. The SMILES string of the molecule is COc1ccc(C(=O)Oc2ccc(/C=C(\C#N)C(=O)NC3CC3)cc2OC)cc1.